The van der Waals surface area contributed by atoms with E-state index in [9.17, 15) is 9.90 Å². The number of aryl methyl sites for hydroxylation is 1. The van der Waals surface area contributed by atoms with Crippen molar-refractivity contribution in [3.05, 3.63) is 5.82 Å². The second kappa shape index (κ2) is 5.65. The normalized spacial score (nSPS) is 25.2. The summed E-state index contributed by atoms with van der Waals surface area (Å²) in [6.45, 7) is 4.73. The smallest absolute Gasteiger partial charge is 0.320 e. The number of aromatic nitrogens is 2. The number of rotatable bonds is 3. The Morgan fingerprint density at radius 2 is 2.05 bits per heavy atom. The number of carbonyl (C=O) groups is 1. The molecule has 1 aromatic heterocycles. The summed E-state index contributed by atoms with van der Waals surface area (Å²) >= 11 is 1.45. The van der Waals surface area contributed by atoms with Crippen molar-refractivity contribution in [1.29, 1.82) is 0 Å². The number of aliphatic carboxylic acids is 1. The van der Waals surface area contributed by atoms with E-state index >= 15 is 0 Å². The highest BCUT2D eigenvalue weighted by Gasteiger charge is 2.36. The Morgan fingerprint density at radius 1 is 1.30 bits per heavy atom. The third kappa shape index (κ3) is 2.64. The molecule has 0 spiro atoms. The van der Waals surface area contributed by atoms with Gasteiger partial charge in [0.05, 0.1) is 0 Å². The summed E-state index contributed by atoms with van der Waals surface area (Å²) in [4.78, 5) is 20.2. The van der Waals surface area contributed by atoms with E-state index in [1.807, 2.05) is 6.92 Å². The SMILES string of the molecule is Cc1nsc(N2CCC(N3CCCC3C(=O)O)CC2)n1. The van der Waals surface area contributed by atoms with Crippen LogP contribution in [0.2, 0.25) is 0 Å². The van der Waals surface area contributed by atoms with Crippen molar-refractivity contribution in [3.63, 3.8) is 0 Å². The molecule has 2 saturated heterocycles. The zero-order valence-corrected chi connectivity index (χ0v) is 12.5. The molecule has 0 bridgehead atoms. The molecule has 0 saturated carbocycles. The number of nitrogens with zero attached hydrogens (tertiary/aromatic N) is 4. The Kier molecular flexibility index (Phi) is 3.89. The number of likely N-dealkylation sites (tertiary alicyclic amines) is 1. The monoisotopic (exact) mass is 296 g/mol. The number of carboxylic acid groups (broad SMARTS) is 1. The fraction of sp³-hybridized carbons (Fsp3) is 0.769. The number of piperidine rings is 1. The molecule has 0 aromatic carbocycles. The van der Waals surface area contributed by atoms with E-state index in [0.717, 1.165) is 56.3 Å². The third-order valence-corrected chi connectivity index (χ3v) is 5.17. The van der Waals surface area contributed by atoms with E-state index in [-0.39, 0.29) is 6.04 Å². The fourth-order valence-corrected chi connectivity index (χ4v) is 4.02. The highest BCUT2D eigenvalue weighted by atomic mass is 32.1. The van der Waals surface area contributed by atoms with Crippen LogP contribution in [-0.4, -0.2) is 57.1 Å². The van der Waals surface area contributed by atoms with Gasteiger partial charge in [0.2, 0.25) is 5.13 Å². The second-order valence-corrected chi connectivity index (χ2v) is 6.31. The van der Waals surface area contributed by atoms with Crippen LogP contribution >= 0.6 is 11.5 Å². The average Bonchev–Trinajstić information content (AvgIpc) is 3.07. The van der Waals surface area contributed by atoms with Crippen molar-refractivity contribution in [2.45, 2.75) is 44.7 Å². The highest BCUT2D eigenvalue weighted by molar-refractivity contribution is 7.09. The minimum Gasteiger partial charge on any atom is -0.480 e. The Morgan fingerprint density at radius 3 is 2.65 bits per heavy atom. The first-order chi connectivity index (χ1) is 9.65. The summed E-state index contributed by atoms with van der Waals surface area (Å²) in [5.74, 6) is 0.169. The molecule has 3 rings (SSSR count). The van der Waals surface area contributed by atoms with Crippen LogP contribution in [0.1, 0.15) is 31.5 Å². The van der Waals surface area contributed by atoms with Gasteiger partial charge in [-0.15, -0.1) is 0 Å². The molecule has 7 heteroatoms. The van der Waals surface area contributed by atoms with Gasteiger partial charge in [0, 0.05) is 30.7 Å². The van der Waals surface area contributed by atoms with Crippen molar-refractivity contribution in [2.24, 2.45) is 0 Å². The molecule has 1 N–H and O–H groups in total. The van der Waals surface area contributed by atoms with Gasteiger partial charge in [-0.25, -0.2) is 4.98 Å². The van der Waals surface area contributed by atoms with E-state index in [2.05, 4.69) is 19.2 Å². The molecule has 110 valence electrons. The average molecular weight is 296 g/mol. The van der Waals surface area contributed by atoms with Gasteiger partial charge in [-0.05, 0) is 39.2 Å². The molecule has 0 aliphatic carbocycles. The van der Waals surface area contributed by atoms with Crippen LogP contribution in [0.4, 0.5) is 5.13 Å². The molecule has 0 amide bonds. The summed E-state index contributed by atoms with van der Waals surface area (Å²) < 4.78 is 4.22. The van der Waals surface area contributed by atoms with Crippen LogP contribution < -0.4 is 4.90 Å². The van der Waals surface area contributed by atoms with Crippen molar-refractivity contribution in [3.8, 4) is 0 Å². The van der Waals surface area contributed by atoms with Gasteiger partial charge in [0.25, 0.3) is 0 Å². The minimum atomic E-state index is -0.662. The Labute approximate surface area is 122 Å². The topological polar surface area (TPSA) is 69.6 Å². The Hall–Kier alpha value is -1.21. The molecule has 1 aromatic rings. The van der Waals surface area contributed by atoms with Crippen LogP contribution in [0.5, 0.6) is 0 Å². The van der Waals surface area contributed by atoms with Crippen LogP contribution in [-0.2, 0) is 4.79 Å². The van der Waals surface area contributed by atoms with Gasteiger partial charge in [-0.3, -0.25) is 9.69 Å². The maximum absolute atomic E-state index is 11.3. The summed E-state index contributed by atoms with van der Waals surface area (Å²) in [5.41, 5.74) is 0. The molecule has 0 radical (unpaired) electrons. The fourth-order valence-electron chi connectivity index (χ4n) is 3.29. The molecule has 2 aliphatic rings. The van der Waals surface area contributed by atoms with Crippen LogP contribution in [0, 0.1) is 6.92 Å². The first kappa shape index (κ1) is 13.8. The zero-order chi connectivity index (χ0) is 14.1. The van der Waals surface area contributed by atoms with Crippen LogP contribution in [0.3, 0.4) is 0 Å². The molecule has 2 fully saturated rings. The molecule has 6 nitrogen and oxygen atoms in total. The van der Waals surface area contributed by atoms with Gasteiger partial charge in [-0.1, -0.05) is 0 Å². The molecule has 20 heavy (non-hydrogen) atoms. The van der Waals surface area contributed by atoms with E-state index in [1.54, 1.807) is 0 Å². The maximum atomic E-state index is 11.3. The summed E-state index contributed by atoms with van der Waals surface area (Å²) in [6, 6.07) is 0.138. The highest BCUT2D eigenvalue weighted by Crippen LogP contribution is 2.28. The molecule has 3 heterocycles. The second-order valence-electron chi connectivity index (χ2n) is 5.58. The van der Waals surface area contributed by atoms with Gasteiger partial charge >= 0.3 is 5.97 Å². The molecule has 2 aliphatic heterocycles. The van der Waals surface area contributed by atoms with Crippen molar-refractivity contribution >= 4 is 22.6 Å². The standard InChI is InChI=1S/C13H20N4O2S/c1-9-14-13(20-15-9)16-7-4-10(5-8-16)17-6-2-3-11(17)12(18)19/h10-11H,2-8H2,1H3,(H,18,19). The Balaban J connectivity index is 1.59. The lowest BCUT2D eigenvalue weighted by molar-refractivity contribution is -0.143. The number of carboxylic acids is 1. The summed E-state index contributed by atoms with van der Waals surface area (Å²) in [7, 11) is 0. The molecule has 1 unspecified atom stereocenters. The first-order valence-electron chi connectivity index (χ1n) is 7.19. The molecular weight excluding hydrogens is 276 g/mol. The van der Waals surface area contributed by atoms with E-state index in [1.165, 1.54) is 11.5 Å². The van der Waals surface area contributed by atoms with Crippen LogP contribution in [0.25, 0.3) is 0 Å². The third-order valence-electron chi connectivity index (χ3n) is 4.30. The lowest BCUT2D eigenvalue weighted by Crippen LogP contribution is -2.48. The van der Waals surface area contributed by atoms with Crippen LogP contribution in [0.15, 0.2) is 0 Å². The van der Waals surface area contributed by atoms with Crippen molar-refractivity contribution in [2.75, 3.05) is 24.5 Å². The van der Waals surface area contributed by atoms with Gasteiger partial charge in [0.15, 0.2) is 0 Å². The number of hydrogen-bond acceptors (Lipinski definition) is 6. The van der Waals surface area contributed by atoms with E-state index < -0.39 is 5.97 Å². The lowest BCUT2D eigenvalue weighted by atomic mass is 10.0. The minimum absolute atomic E-state index is 0.268. The van der Waals surface area contributed by atoms with Gasteiger partial charge < -0.3 is 10.0 Å². The predicted molar refractivity (Wildman–Crippen MR) is 77.2 cm³/mol. The number of hydrogen-bond donors (Lipinski definition) is 1. The van der Waals surface area contributed by atoms with E-state index in [0.29, 0.717) is 6.04 Å². The first-order valence-corrected chi connectivity index (χ1v) is 7.96. The summed E-state index contributed by atoms with van der Waals surface area (Å²) in [5, 5.41) is 10.3. The maximum Gasteiger partial charge on any atom is 0.320 e. The Bertz CT molecular complexity index is 484. The predicted octanol–water partition coefficient (Wildman–Crippen LogP) is 1.36. The zero-order valence-electron chi connectivity index (χ0n) is 11.7. The largest absolute Gasteiger partial charge is 0.480 e. The number of anilines is 1. The lowest BCUT2D eigenvalue weighted by Gasteiger charge is -2.38. The van der Waals surface area contributed by atoms with Gasteiger partial charge in [0.1, 0.15) is 11.9 Å². The quantitative estimate of drug-likeness (QED) is 0.908. The van der Waals surface area contributed by atoms with Crippen molar-refractivity contribution < 1.29 is 9.90 Å². The molecular formula is C13H20N4O2S. The van der Waals surface area contributed by atoms with Crippen molar-refractivity contribution in [1.82, 2.24) is 14.3 Å². The van der Waals surface area contributed by atoms with E-state index in [4.69, 9.17) is 0 Å². The molecule has 1 atom stereocenters. The summed E-state index contributed by atoms with van der Waals surface area (Å²) in [6.07, 6.45) is 3.84. The van der Waals surface area contributed by atoms with Gasteiger partial charge in [-0.2, -0.15) is 4.37 Å².